The molecule has 2 unspecified atom stereocenters. The molecule has 70 valence electrons. The molecule has 1 aliphatic carbocycles. The maximum Gasteiger partial charge on any atom is 0.219 e. The van der Waals surface area contributed by atoms with Crippen molar-refractivity contribution >= 4 is 5.91 Å². The van der Waals surface area contributed by atoms with E-state index in [1.54, 1.807) is 0 Å². The number of hydrogen-bond donors (Lipinski definition) is 3. The van der Waals surface area contributed by atoms with E-state index in [1.165, 1.54) is 0 Å². The molecule has 0 aromatic carbocycles. The Balaban J connectivity index is 2.46. The van der Waals surface area contributed by atoms with Crippen LogP contribution in [0.1, 0.15) is 25.7 Å². The summed E-state index contributed by atoms with van der Waals surface area (Å²) >= 11 is 0. The molecule has 4 nitrogen and oxygen atoms in total. The summed E-state index contributed by atoms with van der Waals surface area (Å²) in [5.74, 6) is 0.171. The number of amides is 1. The van der Waals surface area contributed by atoms with E-state index in [2.05, 4.69) is 0 Å². The average Bonchev–Trinajstić information content (AvgIpc) is 2.30. The van der Waals surface area contributed by atoms with Gasteiger partial charge in [-0.1, -0.05) is 0 Å². The quantitative estimate of drug-likeness (QED) is 0.525. The van der Waals surface area contributed by atoms with Crippen LogP contribution in [-0.2, 0) is 4.79 Å². The molecule has 1 rings (SSSR count). The van der Waals surface area contributed by atoms with Crippen LogP contribution in [0.15, 0.2) is 0 Å². The highest BCUT2D eigenvalue weighted by molar-refractivity contribution is 5.75. The van der Waals surface area contributed by atoms with E-state index in [1.807, 2.05) is 0 Å². The topological polar surface area (TPSA) is 95.1 Å². The van der Waals surface area contributed by atoms with E-state index in [0.717, 1.165) is 19.3 Å². The lowest BCUT2D eigenvalue weighted by Crippen LogP contribution is -2.41. The van der Waals surface area contributed by atoms with Crippen molar-refractivity contribution in [2.75, 3.05) is 6.54 Å². The van der Waals surface area contributed by atoms with E-state index < -0.39 is 0 Å². The Bertz CT molecular complexity index is 183. The van der Waals surface area contributed by atoms with E-state index in [9.17, 15) is 4.79 Å². The molecule has 0 aromatic rings. The van der Waals surface area contributed by atoms with Gasteiger partial charge in [-0.05, 0) is 31.7 Å². The molecule has 12 heavy (non-hydrogen) atoms. The van der Waals surface area contributed by atoms with Gasteiger partial charge in [-0.2, -0.15) is 0 Å². The fraction of sp³-hybridized carbons (Fsp3) is 0.875. The summed E-state index contributed by atoms with van der Waals surface area (Å²) in [6.07, 6.45) is 3.04. The molecule has 0 aromatic heterocycles. The van der Waals surface area contributed by atoms with Gasteiger partial charge in [0, 0.05) is 12.0 Å². The predicted octanol–water partition coefficient (Wildman–Crippen LogP) is -0.682. The van der Waals surface area contributed by atoms with Crippen LogP contribution < -0.4 is 17.2 Å². The second kappa shape index (κ2) is 3.41. The summed E-state index contributed by atoms with van der Waals surface area (Å²) in [7, 11) is 0. The highest BCUT2D eigenvalue weighted by Gasteiger charge is 2.36. The van der Waals surface area contributed by atoms with Gasteiger partial charge in [-0.15, -0.1) is 0 Å². The third-order valence-electron chi connectivity index (χ3n) is 2.61. The normalized spacial score (nSPS) is 35.3. The molecule has 0 bridgehead atoms. The van der Waals surface area contributed by atoms with Crippen LogP contribution in [0.2, 0.25) is 0 Å². The molecule has 6 N–H and O–H groups in total. The SMILES string of the molecule is NCC1CCC(N)(CC(N)=O)C1. The second-order valence-electron chi connectivity index (χ2n) is 3.85. The van der Waals surface area contributed by atoms with Crippen LogP contribution in [0.25, 0.3) is 0 Å². The highest BCUT2D eigenvalue weighted by Crippen LogP contribution is 2.34. The lowest BCUT2D eigenvalue weighted by molar-refractivity contribution is -0.119. The van der Waals surface area contributed by atoms with Crippen LogP contribution in [0, 0.1) is 5.92 Å². The van der Waals surface area contributed by atoms with Gasteiger partial charge in [0.2, 0.25) is 5.91 Å². The molecule has 0 heterocycles. The third kappa shape index (κ3) is 2.19. The minimum atomic E-state index is -0.365. The van der Waals surface area contributed by atoms with Gasteiger partial charge >= 0.3 is 0 Å². The molecule has 2 atom stereocenters. The van der Waals surface area contributed by atoms with Gasteiger partial charge in [-0.3, -0.25) is 4.79 Å². The molecule has 0 radical (unpaired) electrons. The fourth-order valence-corrected chi connectivity index (χ4v) is 1.98. The van der Waals surface area contributed by atoms with Gasteiger partial charge in [0.15, 0.2) is 0 Å². The van der Waals surface area contributed by atoms with Crippen molar-refractivity contribution in [3.63, 3.8) is 0 Å². The van der Waals surface area contributed by atoms with Gasteiger partial charge in [-0.25, -0.2) is 0 Å². The zero-order valence-corrected chi connectivity index (χ0v) is 7.25. The van der Waals surface area contributed by atoms with E-state index in [4.69, 9.17) is 17.2 Å². The van der Waals surface area contributed by atoms with Crippen LogP contribution in [0.3, 0.4) is 0 Å². The van der Waals surface area contributed by atoms with Gasteiger partial charge in [0.25, 0.3) is 0 Å². The Morgan fingerprint density at radius 1 is 1.58 bits per heavy atom. The molecule has 0 spiro atoms. The average molecular weight is 171 g/mol. The Morgan fingerprint density at radius 3 is 2.67 bits per heavy atom. The lowest BCUT2D eigenvalue weighted by Gasteiger charge is -2.21. The number of nitrogens with two attached hydrogens (primary N) is 3. The van der Waals surface area contributed by atoms with Crippen LogP contribution in [0.4, 0.5) is 0 Å². The maximum atomic E-state index is 10.7. The van der Waals surface area contributed by atoms with E-state index in [0.29, 0.717) is 18.9 Å². The molecule has 1 amide bonds. The third-order valence-corrected chi connectivity index (χ3v) is 2.61. The number of hydrogen-bond acceptors (Lipinski definition) is 3. The van der Waals surface area contributed by atoms with Gasteiger partial charge in [0.1, 0.15) is 0 Å². The van der Waals surface area contributed by atoms with Crippen molar-refractivity contribution in [1.82, 2.24) is 0 Å². The largest absolute Gasteiger partial charge is 0.370 e. The summed E-state index contributed by atoms with van der Waals surface area (Å²) in [4.78, 5) is 10.7. The van der Waals surface area contributed by atoms with Crippen molar-refractivity contribution < 1.29 is 4.79 Å². The summed E-state index contributed by atoms with van der Waals surface area (Å²) in [6, 6.07) is 0. The number of primary amides is 1. The number of carbonyl (C=O) groups is 1. The second-order valence-corrected chi connectivity index (χ2v) is 3.85. The Kier molecular flexibility index (Phi) is 2.69. The maximum absolute atomic E-state index is 10.7. The first-order valence-corrected chi connectivity index (χ1v) is 4.33. The molecular weight excluding hydrogens is 154 g/mol. The van der Waals surface area contributed by atoms with Crippen molar-refractivity contribution in [2.45, 2.75) is 31.2 Å². The van der Waals surface area contributed by atoms with E-state index in [-0.39, 0.29) is 11.4 Å². The smallest absolute Gasteiger partial charge is 0.219 e. The fourth-order valence-electron chi connectivity index (χ4n) is 1.98. The first-order chi connectivity index (χ1) is 5.56. The summed E-state index contributed by atoms with van der Waals surface area (Å²) in [5, 5.41) is 0. The van der Waals surface area contributed by atoms with Crippen LogP contribution in [0.5, 0.6) is 0 Å². The minimum Gasteiger partial charge on any atom is -0.370 e. The van der Waals surface area contributed by atoms with E-state index >= 15 is 0 Å². The van der Waals surface area contributed by atoms with Crippen molar-refractivity contribution in [3.05, 3.63) is 0 Å². The first kappa shape index (κ1) is 9.48. The monoisotopic (exact) mass is 171 g/mol. The zero-order valence-electron chi connectivity index (χ0n) is 7.25. The molecule has 0 aliphatic heterocycles. The molecular formula is C8H17N3O. The lowest BCUT2D eigenvalue weighted by atomic mass is 9.93. The first-order valence-electron chi connectivity index (χ1n) is 4.33. The molecule has 1 fully saturated rings. The molecule has 4 heteroatoms. The molecule has 0 saturated heterocycles. The van der Waals surface area contributed by atoms with Gasteiger partial charge in [0.05, 0.1) is 0 Å². The predicted molar refractivity (Wildman–Crippen MR) is 47.1 cm³/mol. The molecule has 1 aliphatic rings. The van der Waals surface area contributed by atoms with Gasteiger partial charge < -0.3 is 17.2 Å². The summed E-state index contributed by atoms with van der Waals surface area (Å²) in [6.45, 7) is 0.664. The summed E-state index contributed by atoms with van der Waals surface area (Å²) in [5.41, 5.74) is 16.2. The number of rotatable bonds is 3. The Labute approximate surface area is 72.5 Å². The number of carbonyl (C=O) groups excluding carboxylic acids is 1. The van der Waals surface area contributed by atoms with Crippen molar-refractivity contribution in [1.29, 1.82) is 0 Å². The standard InChI is InChI=1S/C8H17N3O/c9-5-6-1-2-8(11,3-6)4-7(10)12/h6H,1-5,9,11H2,(H2,10,12). The highest BCUT2D eigenvalue weighted by atomic mass is 16.1. The zero-order chi connectivity index (χ0) is 9.19. The van der Waals surface area contributed by atoms with Crippen LogP contribution in [-0.4, -0.2) is 18.0 Å². The van der Waals surface area contributed by atoms with Crippen molar-refractivity contribution in [3.8, 4) is 0 Å². The Hall–Kier alpha value is -0.610. The Morgan fingerprint density at radius 2 is 2.25 bits per heavy atom. The van der Waals surface area contributed by atoms with Crippen molar-refractivity contribution in [2.24, 2.45) is 23.1 Å². The van der Waals surface area contributed by atoms with Crippen LogP contribution >= 0.6 is 0 Å². The minimum absolute atomic E-state index is 0.295. The molecule has 1 saturated carbocycles. The summed E-state index contributed by atoms with van der Waals surface area (Å²) < 4.78 is 0.